The third-order valence-corrected chi connectivity index (χ3v) is 3.19. The first kappa shape index (κ1) is 14.9. The molecule has 0 spiro atoms. The number of carbonyl (C=O) groups is 1. The third-order valence-electron chi connectivity index (χ3n) is 3.19. The predicted molar refractivity (Wildman–Crippen MR) is 78.4 cm³/mol. The Kier molecular flexibility index (Phi) is 4.47. The van der Waals surface area contributed by atoms with Crippen molar-refractivity contribution in [1.82, 2.24) is 9.55 Å². The molecule has 2 aromatic rings. The number of carbonyl (C=O) groups excluding carboxylic acids is 1. The molecule has 1 aromatic heterocycles. The Labute approximate surface area is 122 Å². The van der Waals surface area contributed by atoms with E-state index in [1.54, 1.807) is 0 Å². The van der Waals surface area contributed by atoms with Crippen LogP contribution in [0.1, 0.15) is 42.4 Å². The Hall–Kier alpha value is -2.50. The highest BCUT2D eigenvalue weighted by Crippen LogP contribution is 2.21. The van der Waals surface area contributed by atoms with E-state index in [-0.39, 0.29) is 24.1 Å². The highest BCUT2D eigenvalue weighted by atomic mass is 16.6. The lowest BCUT2D eigenvalue weighted by Gasteiger charge is -2.05. The average Bonchev–Trinajstić information content (AvgIpc) is 2.91. The zero-order chi connectivity index (χ0) is 15.4. The van der Waals surface area contributed by atoms with Gasteiger partial charge in [0.2, 0.25) is 5.82 Å². The minimum Gasteiger partial charge on any atom is -0.358 e. The molecule has 0 bridgehead atoms. The van der Waals surface area contributed by atoms with Crippen molar-refractivity contribution in [3.05, 3.63) is 58.0 Å². The topological polar surface area (TPSA) is 78.0 Å². The van der Waals surface area contributed by atoms with Crippen LogP contribution in [0.15, 0.2) is 36.5 Å². The number of aryl methyl sites for hydroxylation is 1. The van der Waals surface area contributed by atoms with E-state index in [0.29, 0.717) is 12.2 Å². The Bertz CT molecular complexity index is 647. The summed E-state index contributed by atoms with van der Waals surface area (Å²) in [6, 6.07) is 9.57. The second-order valence-electron chi connectivity index (χ2n) is 5.10. The Morgan fingerprint density at radius 1 is 1.33 bits per heavy atom. The van der Waals surface area contributed by atoms with Crippen LogP contribution in [0.4, 0.5) is 5.82 Å². The van der Waals surface area contributed by atoms with E-state index in [1.807, 2.05) is 44.2 Å². The smallest absolute Gasteiger partial charge is 0.350 e. The minimum absolute atomic E-state index is 0.0561. The van der Waals surface area contributed by atoms with E-state index in [4.69, 9.17) is 0 Å². The van der Waals surface area contributed by atoms with E-state index in [9.17, 15) is 14.9 Å². The second-order valence-corrected chi connectivity index (χ2v) is 5.10. The maximum Gasteiger partial charge on any atom is 0.350 e. The summed E-state index contributed by atoms with van der Waals surface area (Å²) in [5, 5.41) is 11.0. The van der Waals surface area contributed by atoms with Gasteiger partial charge in [-0.3, -0.25) is 0 Å². The number of nitro groups is 1. The van der Waals surface area contributed by atoms with Crippen molar-refractivity contribution in [1.29, 1.82) is 0 Å². The summed E-state index contributed by atoms with van der Waals surface area (Å²) >= 11 is 0. The van der Waals surface area contributed by atoms with Crippen molar-refractivity contribution < 1.29 is 9.72 Å². The molecule has 0 unspecified atom stereocenters. The third kappa shape index (κ3) is 3.34. The fourth-order valence-corrected chi connectivity index (χ4v) is 2.16. The Balaban J connectivity index is 2.22. The monoisotopic (exact) mass is 287 g/mol. The van der Waals surface area contributed by atoms with Gasteiger partial charge in [0.25, 0.3) is 0 Å². The van der Waals surface area contributed by atoms with Gasteiger partial charge in [0.1, 0.15) is 6.20 Å². The zero-order valence-electron chi connectivity index (χ0n) is 12.0. The van der Waals surface area contributed by atoms with Crippen LogP contribution < -0.4 is 0 Å². The molecule has 0 saturated carbocycles. The molecular weight excluding hydrogens is 270 g/mol. The molecule has 1 heterocycles. The van der Waals surface area contributed by atoms with Crippen LogP contribution >= 0.6 is 0 Å². The molecule has 0 fully saturated rings. The largest absolute Gasteiger partial charge is 0.358 e. The van der Waals surface area contributed by atoms with E-state index >= 15 is 0 Å². The summed E-state index contributed by atoms with van der Waals surface area (Å²) in [5.74, 6) is -0.192. The molecule has 0 aliphatic rings. The molecule has 0 radical (unpaired) electrons. The SMILES string of the molecule is CC(C)c1ncc([N+](=O)[O-])n1C(=O)CCc1ccccc1. The number of rotatable bonds is 5. The van der Waals surface area contributed by atoms with Crippen LogP contribution in [0.5, 0.6) is 0 Å². The van der Waals surface area contributed by atoms with Crippen LogP contribution in [0.25, 0.3) is 0 Å². The Morgan fingerprint density at radius 2 is 2.00 bits per heavy atom. The van der Waals surface area contributed by atoms with Gasteiger partial charge in [0.05, 0.1) is 6.42 Å². The summed E-state index contributed by atoms with van der Waals surface area (Å²) in [6.45, 7) is 3.71. The van der Waals surface area contributed by atoms with Crippen LogP contribution in [0.2, 0.25) is 0 Å². The van der Waals surface area contributed by atoms with E-state index in [1.165, 1.54) is 0 Å². The van der Waals surface area contributed by atoms with Crippen molar-refractivity contribution in [2.24, 2.45) is 0 Å². The first-order chi connectivity index (χ1) is 10.0. The van der Waals surface area contributed by atoms with Gasteiger partial charge in [-0.15, -0.1) is 4.57 Å². The summed E-state index contributed by atoms with van der Waals surface area (Å²) in [4.78, 5) is 26.8. The van der Waals surface area contributed by atoms with Crippen molar-refractivity contribution >= 4 is 11.7 Å². The number of hydrogen-bond acceptors (Lipinski definition) is 4. The van der Waals surface area contributed by atoms with Crippen LogP contribution in [0.3, 0.4) is 0 Å². The molecule has 6 heteroatoms. The van der Waals surface area contributed by atoms with Crippen molar-refractivity contribution in [2.45, 2.75) is 32.6 Å². The van der Waals surface area contributed by atoms with Crippen molar-refractivity contribution in [3.8, 4) is 0 Å². The zero-order valence-corrected chi connectivity index (χ0v) is 12.0. The number of imidazole rings is 1. The number of aromatic nitrogens is 2. The van der Waals surface area contributed by atoms with Crippen LogP contribution in [-0.2, 0) is 6.42 Å². The lowest BCUT2D eigenvalue weighted by atomic mass is 10.1. The molecule has 0 aliphatic heterocycles. The van der Waals surface area contributed by atoms with Gasteiger partial charge in [-0.05, 0) is 16.9 Å². The number of benzene rings is 1. The summed E-state index contributed by atoms with van der Waals surface area (Å²) in [5.41, 5.74) is 1.03. The van der Waals surface area contributed by atoms with Gasteiger partial charge in [-0.25, -0.2) is 9.78 Å². The molecule has 0 N–H and O–H groups in total. The molecule has 0 saturated heterocycles. The van der Waals surface area contributed by atoms with Crippen LogP contribution in [-0.4, -0.2) is 20.4 Å². The molecule has 110 valence electrons. The Morgan fingerprint density at radius 3 is 2.57 bits per heavy atom. The summed E-state index contributed by atoms with van der Waals surface area (Å²) in [7, 11) is 0. The fraction of sp³-hybridized carbons (Fsp3) is 0.333. The molecule has 0 amide bonds. The summed E-state index contributed by atoms with van der Waals surface area (Å²) in [6.07, 6.45) is 1.91. The van der Waals surface area contributed by atoms with Gasteiger partial charge in [0.15, 0.2) is 0 Å². The fourth-order valence-electron chi connectivity index (χ4n) is 2.16. The molecule has 1 aromatic carbocycles. The van der Waals surface area contributed by atoms with Crippen LogP contribution in [0, 0.1) is 10.1 Å². The maximum absolute atomic E-state index is 12.3. The lowest BCUT2D eigenvalue weighted by molar-refractivity contribution is -0.390. The standard InChI is InChI=1S/C15H17N3O3/c1-11(2)15-16-10-13(18(20)21)17(15)14(19)9-8-12-6-4-3-5-7-12/h3-7,10-11H,8-9H2,1-2H3. The molecule has 6 nitrogen and oxygen atoms in total. The first-order valence-corrected chi connectivity index (χ1v) is 6.80. The summed E-state index contributed by atoms with van der Waals surface area (Å²) < 4.78 is 1.13. The predicted octanol–water partition coefficient (Wildman–Crippen LogP) is 3.19. The quantitative estimate of drug-likeness (QED) is 0.625. The highest BCUT2D eigenvalue weighted by Gasteiger charge is 2.27. The van der Waals surface area contributed by atoms with Gasteiger partial charge in [-0.1, -0.05) is 44.2 Å². The van der Waals surface area contributed by atoms with Crippen molar-refractivity contribution in [3.63, 3.8) is 0 Å². The molecular formula is C15H17N3O3. The molecule has 21 heavy (non-hydrogen) atoms. The van der Waals surface area contributed by atoms with E-state index in [2.05, 4.69) is 4.98 Å². The van der Waals surface area contributed by atoms with Gasteiger partial charge >= 0.3 is 11.7 Å². The molecule has 2 rings (SSSR count). The number of hydrogen-bond donors (Lipinski definition) is 0. The van der Waals surface area contributed by atoms with E-state index < -0.39 is 4.92 Å². The normalized spacial score (nSPS) is 10.8. The first-order valence-electron chi connectivity index (χ1n) is 6.80. The number of nitrogens with zero attached hydrogens (tertiary/aromatic N) is 3. The van der Waals surface area contributed by atoms with Gasteiger partial charge in [0, 0.05) is 5.92 Å². The van der Waals surface area contributed by atoms with Crippen molar-refractivity contribution in [2.75, 3.05) is 0 Å². The molecule has 0 aliphatic carbocycles. The van der Waals surface area contributed by atoms with E-state index in [0.717, 1.165) is 16.3 Å². The lowest BCUT2D eigenvalue weighted by Crippen LogP contribution is -2.17. The van der Waals surface area contributed by atoms with Gasteiger partial charge in [-0.2, -0.15) is 0 Å². The highest BCUT2D eigenvalue weighted by molar-refractivity contribution is 5.82. The molecule has 0 atom stereocenters. The minimum atomic E-state index is -0.570. The average molecular weight is 287 g/mol. The maximum atomic E-state index is 12.3. The second kappa shape index (κ2) is 6.30. The van der Waals surface area contributed by atoms with Gasteiger partial charge < -0.3 is 10.1 Å².